The fourth-order valence-electron chi connectivity index (χ4n) is 2.18. The van der Waals surface area contributed by atoms with Crippen LogP contribution in [0.1, 0.15) is 19.9 Å². The minimum atomic E-state index is -0.693. The van der Waals surface area contributed by atoms with Gasteiger partial charge in [0.25, 0.3) is 5.56 Å². The Morgan fingerprint density at radius 2 is 2.05 bits per heavy atom. The molecule has 0 aliphatic rings. The SMILES string of the molecule is CC(C)n1c(=O)ccc2c(OCC(O)CN)cccc21. The van der Waals surface area contributed by atoms with Crippen LogP contribution in [-0.2, 0) is 0 Å². The molecule has 0 aliphatic carbocycles. The minimum absolute atomic E-state index is 0.0355. The largest absolute Gasteiger partial charge is 0.490 e. The predicted octanol–water partition coefficient (Wildman–Crippen LogP) is 1.28. The summed E-state index contributed by atoms with van der Waals surface area (Å²) < 4.78 is 7.32. The first kappa shape index (κ1) is 14.6. The summed E-state index contributed by atoms with van der Waals surface area (Å²) in [6.45, 7) is 4.22. The number of fused-ring (bicyclic) bond motifs is 1. The van der Waals surface area contributed by atoms with Crippen LogP contribution in [-0.4, -0.2) is 28.9 Å². The molecule has 0 aliphatic heterocycles. The van der Waals surface area contributed by atoms with Gasteiger partial charge in [-0.15, -0.1) is 0 Å². The lowest BCUT2D eigenvalue weighted by Gasteiger charge is -2.16. The fourth-order valence-corrected chi connectivity index (χ4v) is 2.18. The third kappa shape index (κ3) is 2.84. The second-order valence-electron chi connectivity index (χ2n) is 5.02. The van der Waals surface area contributed by atoms with Gasteiger partial charge in [-0.3, -0.25) is 4.79 Å². The average molecular weight is 276 g/mol. The summed E-state index contributed by atoms with van der Waals surface area (Å²) in [5, 5.41) is 10.3. The number of rotatable bonds is 5. The monoisotopic (exact) mass is 276 g/mol. The molecular formula is C15H20N2O3. The maximum absolute atomic E-state index is 12.0. The lowest BCUT2D eigenvalue weighted by molar-refractivity contribution is 0.115. The summed E-state index contributed by atoms with van der Waals surface area (Å²) in [6, 6.07) is 8.90. The predicted molar refractivity (Wildman–Crippen MR) is 79.1 cm³/mol. The zero-order valence-electron chi connectivity index (χ0n) is 11.7. The highest BCUT2D eigenvalue weighted by molar-refractivity contribution is 5.85. The maximum atomic E-state index is 12.0. The smallest absolute Gasteiger partial charge is 0.251 e. The maximum Gasteiger partial charge on any atom is 0.251 e. The van der Waals surface area contributed by atoms with Gasteiger partial charge in [-0.05, 0) is 32.0 Å². The van der Waals surface area contributed by atoms with Gasteiger partial charge < -0.3 is 20.1 Å². The summed E-state index contributed by atoms with van der Waals surface area (Å²) in [7, 11) is 0. The van der Waals surface area contributed by atoms with Crippen molar-refractivity contribution in [3.05, 3.63) is 40.7 Å². The van der Waals surface area contributed by atoms with Gasteiger partial charge >= 0.3 is 0 Å². The van der Waals surface area contributed by atoms with Crippen molar-refractivity contribution in [3.63, 3.8) is 0 Å². The van der Waals surface area contributed by atoms with Crippen molar-refractivity contribution < 1.29 is 9.84 Å². The van der Waals surface area contributed by atoms with Crippen LogP contribution < -0.4 is 16.0 Å². The second kappa shape index (κ2) is 6.07. The van der Waals surface area contributed by atoms with Crippen LogP contribution >= 0.6 is 0 Å². The second-order valence-corrected chi connectivity index (χ2v) is 5.02. The molecule has 1 heterocycles. The standard InChI is InChI=1S/C15H20N2O3/c1-10(2)17-13-4-3-5-14(20-9-11(18)8-16)12(13)6-7-15(17)19/h3-7,10-11,18H,8-9,16H2,1-2H3. The number of ether oxygens (including phenoxy) is 1. The Kier molecular flexibility index (Phi) is 4.42. The lowest BCUT2D eigenvalue weighted by Crippen LogP contribution is -2.26. The Labute approximate surface area is 117 Å². The molecule has 0 saturated heterocycles. The van der Waals surface area contributed by atoms with Gasteiger partial charge in [0.05, 0.1) is 5.52 Å². The Morgan fingerprint density at radius 1 is 1.30 bits per heavy atom. The van der Waals surface area contributed by atoms with E-state index in [0.717, 1.165) is 10.9 Å². The van der Waals surface area contributed by atoms with Crippen LogP contribution in [0.15, 0.2) is 35.1 Å². The number of aromatic nitrogens is 1. The normalized spacial score (nSPS) is 12.8. The molecule has 1 unspecified atom stereocenters. The summed E-state index contributed by atoms with van der Waals surface area (Å²) in [5.74, 6) is 0.643. The molecule has 20 heavy (non-hydrogen) atoms. The summed E-state index contributed by atoms with van der Waals surface area (Å²) in [5.41, 5.74) is 6.15. The van der Waals surface area contributed by atoms with Crippen molar-refractivity contribution in [2.75, 3.05) is 13.2 Å². The molecule has 2 rings (SSSR count). The molecular weight excluding hydrogens is 256 g/mol. The van der Waals surface area contributed by atoms with E-state index in [1.807, 2.05) is 32.0 Å². The Morgan fingerprint density at radius 3 is 2.70 bits per heavy atom. The van der Waals surface area contributed by atoms with E-state index in [-0.39, 0.29) is 24.8 Å². The zero-order valence-corrected chi connectivity index (χ0v) is 11.7. The van der Waals surface area contributed by atoms with Crippen molar-refractivity contribution >= 4 is 10.9 Å². The van der Waals surface area contributed by atoms with E-state index < -0.39 is 6.10 Å². The first-order chi connectivity index (χ1) is 9.54. The van der Waals surface area contributed by atoms with E-state index in [9.17, 15) is 9.90 Å². The number of benzene rings is 1. The van der Waals surface area contributed by atoms with Crippen molar-refractivity contribution in [1.29, 1.82) is 0 Å². The van der Waals surface area contributed by atoms with Crippen molar-refractivity contribution in [3.8, 4) is 5.75 Å². The van der Waals surface area contributed by atoms with Gasteiger partial charge in [0.2, 0.25) is 0 Å². The minimum Gasteiger partial charge on any atom is -0.490 e. The lowest BCUT2D eigenvalue weighted by atomic mass is 10.1. The Balaban J connectivity index is 2.48. The van der Waals surface area contributed by atoms with Crippen LogP contribution in [0.3, 0.4) is 0 Å². The highest BCUT2D eigenvalue weighted by Crippen LogP contribution is 2.25. The first-order valence-corrected chi connectivity index (χ1v) is 6.69. The molecule has 5 nitrogen and oxygen atoms in total. The number of nitrogens with two attached hydrogens (primary N) is 1. The molecule has 1 atom stereocenters. The molecule has 2 aromatic rings. The molecule has 5 heteroatoms. The van der Waals surface area contributed by atoms with Gasteiger partial charge in [0, 0.05) is 24.0 Å². The van der Waals surface area contributed by atoms with E-state index in [4.69, 9.17) is 10.5 Å². The summed E-state index contributed by atoms with van der Waals surface area (Å²) >= 11 is 0. The highest BCUT2D eigenvalue weighted by Gasteiger charge is 2.10. The first-order valence-electron chi connectivity index (χ1n) is 6.69. The van der Waals surface area contributed by atoms with E-state index >= 15 is 0 Å². The van der Waals surface area contributed by atoms with Crippen LogP contribution in [0.25, 0.3) is 10.9 Å². The van der Waals surface area contributed by atoms with Crippen molar-refractivity contribution in [2.24, 2.45) is 5.73 Å². The zero-order chi connectivity index (χ0) is 14.7. The third-order valence-corrected chi connectivity index (χ3v) is 3.15. The molecule has 0 amide bonds. The van der Waals surface area contributed by atoms with Gasteiger partial charge in [0.15, 0.2) is 0 Å². The number of hydrogen-bond acceptors (Lipinski definition) is 4. The number of pyridine rings is 1. The molecule has 0 spiro atoms. The van der Waals surface area contributed by atoms with Crippen molar-refractivity contribution in [2.45, 2.75) is 26.0 Å². The summed E-state index contributed by atoms with van der Waals surface area (Å²) in [4.78, 5) is 12.0. The van der Waals surface area contributed by atoms with E-state index in [1.54, 1.807) is 10.6 Å². The topological polar surface area (TPSA) is 77.5 Å². The van der Waals surface area contributed by atoms with E-state index in [2.05, 4.69) is 0 Å². The number of aliphatic hydroxyl groups excluding tert-OH is 1. The number of hydrogen-bond donors (Lipinski definition) is 2. The molecule has 108 valence electrons. The molecule has 0 radical (unpaired) electrons. The molecule has 0 bridgehead atoms. The van der Waals surface area contributed by atoms with Crippen LogP contribution in [0.2, 0.25) is 0 Å². The quantitative estimate of drug-likeness (QED) is 0.862. The molecule has 1 aromatic heterocycles. The van der Waals surface area contributed by atoms with Gasteiger partial charge in [-0.25, -0.2) is 0 Å². The molecule has 0 fully saturated rings. The van der Waals surface area contributed by atoms with Crippen LogP contribution in [0, 0.1) is 0 Å². The third-order valence-electron chi connectivity index (χ3n) is 3.15. The van der Waals surface area contributed by atoms with E-state index in [0.29, 0.717) is 5.75 Å². The van der Waals surface area contributed by atoms with Gasteiger partial charge in [-0.1, -0.05) is 6.07 Å². The molecule has 3 N–H and O–H groups in total. The fraction of sp³-hybridized carbons (Fsp3) is 0.400. The van der Waals surface area contributed by atoms with Gasteiger partial charge in [0.1, 0.15) is 18.5 Å². The molecule has 1 aromatic carbocycles. The number of nitrogens with zero attached hydrogens (tertiary/aromatic N) is 1. The van der Waals surface area contributed by atoms with Gasteiger partial charge in [-0.2, -0.15) is 0 Å². The van der Waals surface area contributed by atoms with Crippen LogP contribution in [0.4, 0.5) is 0 Å². The average Bonchev–Trinajstić information content (AvgIpc) is 2.43. The number of aliphatic hydroxyl groups is 1. The van der Waals surface area contributed by atoms with Crippen molar-refractivity contribution in [1.82, 2.24) is 4.57 Å². The Bertz CT molecular complexity index is 649. The van der Waals surface area contributed by atoms with Crippen LogP contribution in [0.5, 0.6) is 5.75 Å². The Hall–Kier alpha value is -1.85. The van der Waals surface area contributed by atoms with E-state index in [1.165, 1.54) is 6.07 Å². The summed E-state index contributed by atoms with van der Waals surface area (Å²) in [6.07, 6.45) is -0.693. The molecule has 0 saturated carbocycles. The highest BCUT2D eigenvalue weighted by atomic mass is 16.5.